The summed E-state index contributed by atoms with van der Waals surface area (Å²) in [4.78, 5) is 29.4. The van der Waals surface area contributed by atoms with Crippen LogP contribution in [-0.2, 0) is 32.6 Å². The van der Waals surface area contributed by atoms with Crippen LogP contribution < -0.4 is 14.4 Å². The van der Waals surface area contributed by atoms with Crippen molar-refractivity contribution in [1.82, 2.24) is 10.2 Å². The minimum atomic E-state index is -3.87. The van der Waals surface area contributed by atoms with Crippen molar-refractivity contribution in [3.05, 3.63) is 94.5 Å². The third kappa shape index (κ3) is 8.96. The first-order valence-corrected chi connectivity index (χ1v) is 15.7. The molecule has 3 rings (SSSR count). The smallest absolute Gasteiger partial charge is 0.244 e. The van der Waals surface area contributed by atoms with Crippen molar-refractivity contribution >= 4 is 39.1 Å². The number of aryl methyl sites for hydroxylation is 1. The fourth-order valence-corrected chi connectivity index (χ4v) is 5.59. The largest absolute Gasteiger partial charge is 0.497 e. The molecule has 3 aromatic rings. The Balaban J connectivity index is 2.09. The molecule has 0 aliphatic rings. The van der Waals surface area contributed by atoms with Gasteiger partial charge in [-0.25, -0.2) is 8.42 Å². The summed E-state index contributed by atoms with van der Waals surface area (Å²) in [5.41, 5.74) is 2.55. The Morgan fingerprint density at radius 3 is 2.29 bits per heavy atom. The van der Waals surface area contributed by atoms with Gasteiger partial charge in [0.05, 0.1) is 19.1 Å². The summed E-state index contributed by atoms with van der Waals surface area (Å²) in [6, 6.07) is 20.5. The van der Waals surface area contributed by atoms with E-state index in [1.807, 2.05) is 56.3 Å². The zero-order valence-electron chi connectivity index (χ0n) is 24.1. The van der Waals surface area contributed by atoms with Crippen LogP contribution in [0.25, 0.3) is 0 Å². The number of carbonyl (C=O) groups excluding carboxylic acids is 2. The van der Waals surface area contributed by atoms with Gasteiger partial charge < -0.3 is 15.0 Å². The Morgan fingerprint density at radius 1 is 1.00 bits per heavy atom. The first-order valence-electron chi connectivity index (χ1n) is 13.4. The summed E-state index contributed by atoms with van der Waals surface area (Å²) in [6.07, 6.45) is 2.01. The van der Waals surface area contributed by atoms with E-state index in [0.29, 0.717) is 28.4 Å². The molecule has 0 spiro atoms. The molecule has 0 saturated heterocycles. The van der Waals surface area contributed by atoms with Gasteiger partial charge in [-0.05, 0) is 67.3 Å². The number of halogens is 1. The lowest BCUT2D eigenvalue weighted by molar-refractivity contribution is -0.140. The van der Waals surface area contributed by atoms with Gasteiger partial charge in [0.25, 0.3) is 0 Å². The van der Waals surface area contributed by atoms with Gasteiger partial charge >= 0.3 is 0 Å². The number of nitrogens with one attached hydrogen (secondary N) is 1. The standard InChI is InChI=1S/C31H38ClN3O5S/c1-6-23(3)33-31(37)29(19-24-11-8-7-9-12-24)34(20-25-13-10-14-27(18-25)40-4)30(36)21-35(41(5,38)39)28-16-15-26(32)17-22(28)2/h7-18,23,29H,6,19-21H2,1-5H3,(H,33,37). The van der Waals surface area contributed by atoms with Gasteiger partial charge in [-0.1, -0.05) is 61.0 Å². The molecule has 0 fully saturated rings. The zero-order valence-corrected chi connectivity index (χ0v) is 25.7. The van der Waals surface area contributed by atoms with E-state index in [9.17, 15) is 18.0 Å². The molecule has 2 unspecified atom stereocenters. The number of ether oxygens (including phenoxy) is 1. The number of amides is 2. The van der Waals surface area contributed by atoms with Crippen molar-refractivity contribution in [1.29, 1.82) is 0 Å². The van der Waals surface area contributed by atoms with Crippen LogP contribution in [0.1, 0.15) is 37.0 Å². The number of rotatable bonds is 13. The van der Waals surface area contributed by atoms with Crippen LogP contribution >= 0.6 is 11.6 Å². The molecular weight excluding hydrogens is 562 g/mol. The molecule has 0 saturated carbocycles. The minimum absolute atomic E-state index is 0.0681. The van der Waals surface area contributed by atoms with E-state index in [4.69, 9.17) is 16.3 Å². The van der Waals surface area contributed by atoms with Crippen LogP contribution in [0, 0.1) is 6.92 Å². The predicted octanol–water partition coefficient (Wildman–Crippen LogP) is 4.98. The fourth-order valence-electron chi connectivity index (χ4n) is 4.46. The number of sulfonamides is 1. The highest BCUT2D eigenvalue weighted by Crippen LogP contribution is 2.26. The molecule has 41 heavy (non-hydrogen) atoms. The van der Waals surface area contributed by atoms with Gasteiger partial charge in [-0.3, -0.25) is 13.9 Å². The molecule has 2 amide bonds. The topological polar surface area (TPSA) is 96.0 Å². The Bertz CT molecular complexity index is 1450. The molecule has 2 atom stereocenters. The van der Waals surface area contributed by atoms with Crippen molar-refractivity contribution in [3.63, 3.8) is 0 Å². The summed E-state index contributed by atoms with van der Waals surface area (Å²) < 4.78 is 32.4. The number of methoxy groups -OCH3 is 1. The van der Waals surface area contributed by atoms with E-state index in [-0.39, 0.29) is 24.9 Å². The van der Waals surface area contributed by atoms with Gasteiger partial charge in [0, 0.05) is 24.0 Å². The highest BCUT2D eigenvalue weighted by Gasteiger charge is 2.33. The number of carbonyl (C=O) groups is 2. The Morgan fingerprint density at radius 2 is 1.68 bits per heavy atom. The second kappa shape index (κ2) is 14.4. The molecule has 0 radical (unpaired) electrons. The Labute approximate surface area is 248 Å². The number of anilines is 1. The number of nitrogens with zero attached hydrogens (tertiary/aromatic N) is 2. The quantitative estimate of drug-likeness (QED) is 0.299. The van der Waals surface area contributed by atoms with Crippen LogP contribution in [0.3, 0.4) is 0 Å². The number of hydrogen-bond acceptors (Lipinski definition) is 5. The normalized spacial score (nSPS) is 12.7. The maximum Gasteiger partial charge on any atom is 0.244 e. The van der Waals surface area contributed by atoms with Crippen molar-refractivity contribution in [2.24, 2.45) is 0 Å². The summed E-state index contributed by atoms with van der Waals surface area (Å²) in [5, 5.41) is 3.47. The molecule has 0 aromatic heterocycles. The monoisotopic (exact) mass is 599 g/mol. The van der Waals surface area contributed by atoms with Gasteiger partial charge in [0.1, 0.15) is 18.3 Å². The molecular formula is C31H38ClN3O5S. The lowest BCUT2D eigenvalue weighted by Gasteiger charge is -2.34. The van der Waals surface area contributed by atoms with E-state index < -0.39 is 28.5 Å². The molecule has 0 aliphatic heterocycles. The highest BCUT2D eigenvalue weighted by molar-refractivity contribution is 7.92. The number of hydrogen-bond donors (Lipinski definition) is 1. The molecule has 10 heteroatoms. The van der Waals surface area contributed by atoms with Gasteiger partial charge in [0.15, 0.2) is 0 Å². The van der Waals surface area contributed by atoms with Crippen LogP contribution in [0.4, 0.5) is 5.69 Å². The van der Waals surface area contributed by atoms with Crippen LogP contribution in [-0.4, -0.2) is 57.1 Å². The molecule has 0 aliphatic carbocycles. The van der Waals surface area contributed by atoms with Crippen molar-refractivity contribution in [2.75, 3.05) is 24.2 Å². The maximum absolute atomic E-state index is 14.2. The molecule has 1 N–H and O–H groups in total. The molecule has 220 valence electrons. The van der Waals surface area contributed by atoms with E-state index in [2.05, 4.69) is 5.32 Å². The van der Waals surface area contributed by atoms with Crippen molar-refractivity contribution in [3.8, 4) is 5.75 Å². The molecule has 8 nitrogen and oxygen atoms in total. The average molecular weight is 600 g/mol. The Kier molecular flexibility index (Phi) is 11.2. The average Bonchev–Trinajstić information content (AvgIpc) is 2.93. The lowest BCUT2D eigenvalue weighted by atomic mass is 10.0. The highest BCUT2D eigenvalue weighted by atomic mass is 35.5. The van der Waals surface area contributed by atoms with Crippen molar-refractivity contribution in [2.45, 2.75) is 52.2 Å². The van der Waals surface area contributed by atoms with E-state index >= 15 is 0 Å². The first-order chi connectivity index (χ1) is 19.4. The Hall–Kier alpha value is -3.56. The summed E-state index contributed by atoms with van der Waals surface area (Å²) >= 11 is 6.12. The van der Waals surface area contributed by atoms with Gasteiger partial charge in [-0.15, -0.1) is 0 Å². The van der Waals surface area contributed by atoms with Gasteiger partial charge in [-0.2, -0.15) is 0 Å². The van der Waals surface area contributed by atoms with E-state index in [1.54, 1.807) is 44.4 Å². The lowest BCUT2D eigenvalue weighted by Crippen LogP contribution is -2.54. The van der Waals surface area contributed by atoms with Crippen LogP contribution in [0.2, 0.25) is 5.02 Å². The van der Waals surface area contributed by atoms with E-state index in [1.165, 1.54) is 4.90 Å². The predicted molar refractivity (Wildman–Crippen MR) is 164 cm³/mol. The molecule has 3 aromatic carbocycles. The summed E-state index contributed by atoms with van der Waals surface area (Å²) in [7, 11) is -2.32. The number of benzene rings is 3. The third-order valence-corrected chi connectivity index (χ3v) is 8.23. The summed E-state index contributed by atoms with van der Waals surface area (Å²) in [5.74, 6) is -0.228. The second-order valence-electron chi connectivity index (χ2n) is 10.1. The SMILES string of the molecule is CCC(C)NC(=O)C(Cc1ccccc1)N(Cc1cccc(OC)c1)C(=O)CN(c1ccc(Cl)cc1C)S(C)(=O)=O. The van der Waals surface area contributed by atoms with Crippen LogP contribution in [0.5, 0.6) is 5.75 Å². The van der Waals surface area contributed by atoms with Crippen LogP contribution in [0.15, 0.2) is 72.8 Å². The fraction of sp³-hybridized carbons (Fsp3) is 0.355. The van der Waals surface area contributed by atoms with Crippen molar-refractivity contribution < 1.29 is 22.7 Å². The van der Waals surface area contributed by atoms with E-state index in [0.717, 1.165) is 21.7 Å². The zero-order chi connectivity index (χ0) is 30.2. The third-order valence-electron chi connectivity index (χ3n) is 6.87. The minimum Gasteiger partial charge on any atom is -0.497 e. The molecule has 0 heterocycles. The molecule has 0 bridgehead atoms. The summed E-state index contributed by atoms with van der Waals surface area (Å²) in [6.45, 7) is 5.18. The maximum atomic E-state index is 14.2. The first kappa shape index (κ1) is 32.0. The second-order valence-corrected chi connectivity index (χ2v) is 12.4. The van der Waals surface area contributed by atoms with Gasteiger partial charge in [0.2, 0.25) is 21.8 Å².